The molecule has 0 aliphatic rings. The Balaban J connectivity index is 0.00000169. The summed E-state index contributed by atoms with van der Waals surface area (Å²) in [4.78, 5) is 0. The van der Waals surface area contributed by atoms with E-state index in [4.69, 9.17) is 4.55 Å². The lowest BCUT2D eigenvalue weighted by molar-refractivity contribution is -0.528. The van der Waals surface area contributed by atoms with Crippen LogP contribution in [0.4, 0.5) is 0 Å². The molecule has 80 valence electrons. The second-order valence-corrected chi connectivity index (χ2v) is 4.00. The standard InChI is InChI=1S/C8H11NO3S.H2O/c1-2-5-8-6-3-4-7-9(8)13(10,11)12;/h3-4,6-7H,2,5H2,1H3;1H2. The van der Waals surface area contributed by atoms with Gasteiger partial charge < -0.3 is 5.48 Å². The molecule has 0 aliphatic heterocycles. The SMILES string of the molecule is CCCc1cccc[n+]1S(=O)(=O)O.[OH-]. The molecule has 1 heterocycles. The van der Waals surface area contributed by atoms with E-state index in [2.05, 4.69) is 0 Å². The molecule has 6 heteroatoms. The highest BCUT2D eigenvalue weighted by Crippen LogP contribution is 1.97. The molecule has 5 nitrogen and oxygen atoms in total. The maximum Gasteiger partial charge on any atom is 0.511 e. The van der Waals surface area contributed by atoms with Crippen LogP contribution in [0.15, 0.2) is 24.4 Å². The van der Waals surface area contributed by atoms with E-state index in [9.17, 15) is 8.42 Å². The molecule has 0 fully saturated rings. The first-order valence-corrected chi connectivity index (χ1v) is 5.43. The second-order valence-electron chi connectivity index (χ2n) is 2.72. The lowest BCUT2D eigenvalue weighted by Gasteiger charge is -1.96. The Bertz CT molecular complexity index is 388. The van der Waals surface area contributed by atoms with Crippen LogP contribution in [0.1, 0.15) is 19.0 Å². The van der Waals surface area contributed by atoms with Crippen molar-refractivity contribution in [2.75, 3.05) is 0 Å². The first-order chi connectivity index (χ1) is 6.05. The predicted octanol–water partition coefficient (Wildman–Crippen LogP) is 0.401. The van der Waals surface area contributed by atoms with Crippen LogP contribution in [0.25, 0.3) is 0 Å². The number of rotatable bonds is 3. The van der Waals surface area contributed by atoms with Crippen molar-refractivity contribution < 1.29 is 22.4 Å². The van der Waals surface area contributed by atoms with E-state index in [1.807, 2.05) is 6.92 Å². The molecule has 14 heavy (non-hydrogen) atoms. The van der Waals surface area contributed by atoms with Crippen molar-refractivity contribution >= 4 is 10.3 Å². The van der Waals surface area contributed by atoms with E-state index in [-0.39, 0.29) is 5.48 Å². The minimum absolute atomic E-state index is 0. The third-order valence-corrected chi connectivity index (χ3v) is 2.51. The predicted molar refractivity (Wildman–Crippen MR) is 49.5 cm³/mol. The molecule has 0 radical (unpaired) electrons. The van der Waals surface area contributed by atoms with Gasteiger partial charge in [0, 0.05) is 18.6 Å². The van der Waals surface area contributed by atoms with Gasteiger partial charge in [0.15, 0.2) is 6.20 Å². The van der Waals surface area contributed by atoms with E-state index in [1.165, 1.54) is 6.20 Å². The molecule has 0 aliphatic carbocycles. The normalized spacial score (nSPS) is 10.7. The number of nitrogens with zero attached hydrogens (tertiary/aromatic N) is 1. The molecule has 1 aromatic rings. The highest BCUT2D eigenvalue weighted by Gasteiger charge is 2.21. The van der Waals surface area contributed by atoms with Gasteiger partial charge in [-0.15, -0.1) is 8.42 Å². The van der Waals surface area contributed by atoms with Crippen molar-refractivity contribution in [2.24, 2.45) is 0 Å². The van der Waals surface area contributed by atoms with E-state index >= 15 is 0 Å². The van der Waals surface area contributed by atoms with Gasteiger partial charge in [-0.3, -0.25) is 0 Å². The summed E-state index contributed by atoms with van der Waals surface area (Å²) in [5.41, 5.74) is 0.590. The molecule has 0 bridgehead atoms. The van der Waals surface area contributed by atoms with Crippen molar-refractivity contribution in [3.05, 3.63) is 30.1 Å². The Morgan fingerprint density at radius 1 is 1.43 bits per heavy atom. The van der Waals surface area contributed by atoms with Gasteiger partial charge in [0.25, 0.3) is 0 Å². The zero-order valence-corrected chi connectivity index (χ0v) is 8.61. The maximum absolute atomic E-state index is 10.8. The fraction of sp³-hybridized carbons (Fsp3) is 0.375. The first kappa shape index (κ1) is 13.0. The first-order valence-electron chi connectivity index (χ1n) is 4.03. The van der Waals surface area contributed by atoms with E-state index in [0.29, 0.717) is 12.1 Å². The number of hydrogen-bond acceptors (Lipinski definition) is 3. The summed E-state index contributed by atoms with van der Waals surface area (Å²) in [7, 11) is -4.14. The third-order valence-electron chi connectivity index (χ3n) is 1.66. The molecule has 1 aromatic heterocycles. The van der Waals surface area contributed by atoms with Crippen molar-refractivity contribution in [2.45, 2.75) is 19.8 Å². The van der Waals surface area contributed by atoms with Gasteiger partial charge in [-0.1, -0.05) is 17.0 Å². The van der Waals surface area contributed by atoms with Crippen LogP contribution in [-0.4, -0.2) is 18.4 Å². The van der Waals surface area contributed by atoms with Crippen molar-refractivity contribution in [1.82, 2.24) is 0 Å². The van der Waals surface area contributed by atoms with Gasteiger partial charge >= 0.3 is 10.3 Å². The Hall–Kier alpha value is -0.980. The van der Waals surface area contributed by atoms with Crippen LogP contribution >= 0.6 is 0 Å². The average molecular weight is 219 g/mol. The Kier molecular flexibility index (Phi) is 4.69. The Labute approximate surface area is 83.2 Å². The quantitative estimate of drug-likeness (QED) is 0.588. The fourth-order valence-electron chi connectivity index (χ4n) is 1.14. The molecule has 2 N–H and O–H groups in total. The fourth-order valence-corrected chi connectivity index (χ4v) is 1.81. The summed E-state index contributed by atoms with van der Waals surface area (Å²) < 4.78 is 31.4. The summed E-state index contributed by atoms with van der Waals surface area (Å²) in [6.45, 7) is 1.95. The van der Waals surface area contributed by atoms with Gasteiger partial charge in [-0.2, -0.15) is 0 Å². The average Bonchev–Trinajstić information content (AvgIpc) is 2.04. The summed E-state index contributed by atoms with van der Waals surface area (Å²) in [5.74, 6) is 0. The van der Waals surface area contributed by atoms with Crippen molar-refractivity contribution in [3.8, 4) is 0 Å². The van der Waals surface area contributed by atoms with Crippen LogP contribution in [0, 0.1) is 0 Å². The summed E-state index contributed by atoms with van der Waals surface area (Å²) in [5, 5.41) is 0. The number of pyridine rings is 1. The van der Waals surface area contributed by atoms with E-state index in [0.717, 1.165) is 10.4 Å². The smallest absolute Gasteiger partial charge is 0.511 e. The monoisotopic (exact) mass is 219 g/mol. The number of aromatic nitrogens is 1. The molecule has 0 saturated heterocycles. The maximum atomic E-state index is 10.8. The second kappa shape index (κ2) is 5.04. The minimum atomic E-state index is -4.14. The molecule has 0 saturated carbocycles. The number of hydrogen-bond donors (Lipinski definition) is 1. The molecular formula is C8H13NO4S. The molecule has 0 aromatic carbocycles. The summed E-state index contributed by atoms with van der Waals surface area (Å²) in [6.07, 6.45) is 2.79. The van der Waals surface area contributed by atoms with Crippen LogP contribution in [0.5, 0.6) is 0 Å². The molecule has 0 amide bonds. The van der Waals surface area contributed by atoms with Gasteiger partial charge in [0.2, 0.25) is 5.69 Å². The molecular weight excluding hydrogens is 206 g/mol. The van der Waals surface area contributed by atoms with Crippen LogP contribution in [0.2, 0.25) is 0 Å². The van der Waals surface area contributed by atoms with Gasteiger partial charge in [0.05, 0.1) is 0 Å². The highest BCUT2D eigenvalue weighted by atomic mass is 32.2. The molecule has 0 unspecified atom stereocenters. The number of aryl methyl sites for hydroxylation is 1. The van der Waals surface area contributed by atoms with Crippen LogP contribution < -0.4 is 3.97 Å². The van der Waals surface area contributed by atoms with Crippen molar-refractivity contribution in [3.63, 3.8) is 0 Å². The topological polar surface area (TPSA) is 88.2 Å². The Morgan fingerprint density at radius 2 is 2.07 bits per heavy atom. The van der Waals surface area contributed by atoms with Crippen LogP contribution in [0.3, 0.4) is 0 Å². The van der Waals surface area contributed by atoms with E-state index < -0.39 is 10.3 Å². The van der Waals surface area contributed by atoms with Gasteiger partial charge in [0.1, 0.15) is 0 Å². The lowest BCUT2D eigenvalue weighted by Crippen LogP contribution is -2.45. The largest absolute Gasteiger partial charge is 0.870 e. The third kappa shape index (κ3) is 3.06. The minimum Gasteiger partial charge on any atom is -0.870 e. The summed E-state index contributed by atoms with van der Waals surface area (Å²) >= 11 is 0. The van der Waals surface area contributed by atoms with Gasteiger partial charge in [-0.25, -0.2) is 4.55 Å². The molecule has 0 spiro atoms. The Morgan fingerprint density at radius 3 is 2.57 bits per heavy atom. The zero-order chi connectivity index (χ0) is 9.90. The zero-order valence-electron chi connectivity index (χ0n) is 7.79. The summed E-state index contributed by atoms with van der Waals surface area (Å²) in [6, 6.07) is 4.98. The molecule has 1 rings (SSSR count). The highest BCUT2D eigenvalue weighted by molar-refractivity contribution is 7.79. The van der Waals surface area contributed by atoms with E-state index in [1.54, 1.807) is 18.2 Å². The molecule has 0 atom stereocenters. The van der Waals surface area contributed by atoms with Gasteiger partial charge in [-0.05, 0) is 6.42 Å². The van der Waals surface area contributed by atoms with Crippen LogP contribution in [-0.2, 0) is 16.7 Å². The van der Waals surface area contributed by atoms with Crippen molar-refractivity contribution in [1.29, 1.82) is 0 Å². The lowest BCUT2D eigenvalue weighted by atomic mass is 10.2.